The van der Waals surface area contributed by atoms with Crippen LogP contribution in [0.1, 0.15) is 45.9 Å². The number of carbonyl (C=O) groups is 1. The fourth-order valence-electron chi connectivity index (χ4n) is 2.49. The zero-order valence-corrected chi connectivity index (χ0v) is 11.7. The highest BCUT2D eigenvalue weighted by Gasteiger charge is 2.30. The smallest absolute Gasteiger partial charge is 0.337 e. The molecule has 1 saturated carbocycles. The fourth-order valence-corrected chi connectivity index (χ4v) is 2.49. The lowest BCUT2D eigenvalue weighted by atomic mass is 10.0. The van der Waals surface area contributed by atoms with Gasteiger partial charge in [-0.05, 0) is 50.5 Å². The van der Waals surface area contributed by atoms with Crippen LogP contribution in [0.5, 0.6) is 0 Å². The maximum absolute atomic E-state index is 11.3. The Labute approximate surface area is 118 Å². The van der Waals surface area contributed by atoms with Crippen LogP contribution in [0.15, 0.2) is 30.3 Å². The summed E-state index contributed by atoms with van der Waals surface area (Å²) in [5, 5.41) is 9.26. The molecule has 0 amide bonds. The zero-order valence-electron chi connectivity index (χ0n) is 11.7. The molecule has 1 fully saturated rings. The lowest BCUT2D eigenvalue weighted by Gasteiger charge is -2.10. The molecule has 102 valence electrons. The molecule has 3 rings (SSSR count). The molecule has 1 aliphatic carbocycles. The van der Waals surface area contributed by atoms with Gasteiger partial charge < -0.3 is 5.11 Å². The number of aromatic carboxylic acids is 1. The van der Waals surface area contributed by atoms with E-state index >= 15 is 0 Å². The SMILES string of the molecule is Cc1ccc(C)c(-c2ccc(C(=O)O)c(C3CC3)n2)c1. The molecule has 0 aliphatic heterocycles. The molecule has 1 aliphatic rings. The second-order valence-electron chi connectivity index (χ2n) is 5.53. The maximum atomic E-state index is 11.3. The summed E-state index contributed by atoms with van der Waals surface area (Å²) in [4.78, 5) is 15.9. The molecular weight excluding hydrogens is 250 g/mol. The van der Waals surface area contributed by atoms with E-state index in [0.29, 0.717) is 11.5 Å². The van der Waals surface area contributed by atoms with Gasteiger partial charge in [0.15, 0.2) is 0 Å². The molecule has 1 heterocycles. The van der Waals surface area contributed by atoms with E-state index in [9.17, 15) is 9.90 Å². The van der Waals surface area contributed by atoms with Gasteiger partial charge in [-0.1, -0.05) is 17.7 Å². The number of carboxylic acids is 1. The number of hydrogen-bond acceptors (Lipinski definition) is 2. The standard InChI is InChI=1S/C17H17NO2/c1-10-3-4-11(2)14(9-10)15-8-7-13(17(19)20)16(18-15)12-5-6-12/h3-4,7-9,12H,5-6H2,1-2H3,(H,19,20). The van der Waals surface area contributed by atoms with Crippen LogP contribution in [0.3, 0.4) is 0 Å². The largest absolute Gasteiger partial charge is 0.478 e. The second-order valence-corrected chi connectivity index (χ2v) is 5.53. The topological polar surface area (TPSA) is 50.2 Å². The van der Waals surface area contributed by atoms with Crippen LogP contribution in [0.25, 0.3) is 11.3 Å². The molecular formula is C17H17NO2. The number of carboxylic acid groups (broad SMARTS) is 1. The first-order valence-corrected chi connectivity index (χ1v) is 6.88. The number of pyridine rings is 1. The van der Waals surface area contributed by atoms with E-state index in [1.807, 2.05) is 6.07 Å². The monoisotopic (exact) mass is 267 g/mol. The third-order valence-electron chi connectivity index (χ3n) is 3.79. The molecule has 0 spiro atoms. The first-order chi connectivity index (χ1) is 9.56. The zero-order chi connectivity index (χ0) is 14.3. The van der Waals surface area contributed by atoms with Gasteiger partial charge >= 0.3 is 5.97 Å². The van der Waals surface area contributed by atoms with Crippen molar-refractivity contribution in [3.8, 4) is 11.3 Å². The normalized spacial score (nSPS) is 14.3. The summed E-state index contributed by atoms with van der Waals surface area (Å²) in [6.45, 7) is 4.11. The molecule has 0 radical (unpaired) electrons. The minimum absolute atomic E-state index is 0.325. The van der Waals surface area contributed by atoms with E-state index in [1.54, 1.807) is 6.07 Å². The highest BCUT2D eigenvalue weighted by Crippen LogP contribution is 2.41. The summed E-state index contributed by atoms with van der Waals surface area (Å²) < 4.78 is 0. The minimum Gasteiger partial charge on any atom is -0.478 e. The van der Waals surface area contributed by atoms with Gasteiger partial charge in [-0.3, -0.25) is 4.98 Å². The van der Waals surface area contributed by atoms with Gasteiger partial charge in [0.1, 0.15) is 0 Å². The lowest BCUT2D eigenvalue weighted by molar-refractivity contribution is 0.0695. The van der Waals surface area contributed by atoms with Crippen molar-refractivity contribution >= 4 is 5.97 Å². The Kier molecular flexibility index (Phi) is 3.05. The number of benzene rings is 1. The molecule has 3 heteroatoms. The molecule has 2 aromatic rings. The van der Waals surface area contributed by atoms with Gasteiger partial charge in [0, 0.05) is 11.5 Å². The van der Waals surface area contributed by atoms with Crippen LogP contribution in [-0.2, 0) is 0 Å². The van der Waals surface area contributed by atoms with E-state index < -0.39 is 5.97 Å². The van der Waals surface area contributed by atoms with Crippen molar-refractivity contribution in [3.63, 3.8) is 0 Å². The predicted molar refractivity (Wildman–Crippen MR) is 78.1 cm³/mol. The lowest BCUT2D eigenvalue weighted by Crippen LogP contribution is -2.05. The van der Waals surface area contributed by atoms with Crippen LogP contribution in [0.4, 0.5) is 0 Å². The summed E-state index contributed by atoms with van der Waals surface area (Å²) in [5.74, 6) is -0.557. The molecule has 1 N–H and O–H groups in total. The van der Waals surface area contributed by atoms with Gasteiger partial charge in [0.25, 0.3) is 0 Å². The molecule has 0 bridgehead atoms. The summed E-state index contributed by atoms with van der Waals surface area (Å²) in [7, 11) is 0. The predicted octanol–water partition coefficient (Wildman–Crippen LogP) is 3.94. The highest BCUT2D eigenvalue weighted by atomic mass is 16.4. The van der Waals surface area contributed by atoms with Crippen molar-refractivity contribution in [2.24, 2.45) is 0 Å². The van der Waals surface area contributed by atoms with E-state index in [1.165, 1.54) is 5.56 Å². The average Bonchev–Trinajstić information content (AvgIpc) is 3.25. The number of rotatable bonds is 3. The van der Waals surface area contributed by atoms with E-state index in [-0.39, 0.29) is 0 Å². The molecule has 20 heavy (non-hydrogen) atoms. The van der Waals surface area contributed by atoms with E-state index in [4.69, 9.17) is 0 Å². The van der Waals surface area contributed by atoms with Crippen molar-refractivity contribution in [2.75, 3.05) is 0 Å². The second kappa shape index (κ2) is 4.75. The van der Waals surface area contributed by atoms with Crippen molar-refractivity contribution in [1.82, 2.24) is 4.98 Å². The van der Waals surface area contributed by atoms with Crippen LogP contribution in [0.2, 0.25) is 0 Å². The van der Waals surface area contributed by atoms with Gasteiger partial charge in [-0.2, -0.15) is 0 Å². The minimum atomic E-state index is -0.882. The molecule has 0 atom stereocenters. The number of aryl methyl sites for hydroxylation is 2. The van der Waals surface area contributed by atoms with Crippen molar-refractivity contribution < 1.29 is 9.90 Å². The quantitative estimate of drug-likeness (QED) is 0.916. The van der Waals surface area contributed by atoms with Gasteiger partial charge in [0.05, 0.1) is 17.0 Å². The molecule has 3 nitrogen and oxygen atoms in total. The highest BCUT2D eigenvalue weighted by molar-refractivity contribution is 5.89. The van der Waals surface area contributed by atoms with E-state index in [2.05, 4.69) is 37.0 Å². The van der Waals surface area contributed by atoms with Crippen molar-refractivity contribution in [1.29, 1.82) is 0 Å². The molecule has 0 unspecified atom stereocenters. The summed E-state index contributed by atoms with van der Waals surface area (Å²) >= 11 is 0. The Morgan fingerprint density at radius 3 is 2.60 bits per heavy atom. The third-order valence-corrected chi connectivity index (χ3v) is 3.79. The van der Waals surface area contributed by atoms with Crippen molar-refractivity contribution in [3.05, 3.63) is 52.7 Å². The summed E-state index contributed by atoms with van der Waals surface area (Å²) in [6.07, 6.45) is 2.09. The summed E-state index contributed by atoms with van der Waals surface area (Å²) in [5.41, 5.74) is 5.40. The Hall–Kier alpha value is -2.16. The first kappa shape index (κ1) is 12.9. The molecule has 0 saturated heterocycles. The molecule has 1 aromatic heterocycles. The van der Waals surface area contributed by atoms with Gasteiger partial charge in [0.2, 0.25) is 0 Å². The number of hydrogen-bond donors (Lipinski definition) is 1. The Morgan fingerprint density at radius 2 is 1.95 bits per heavy atom. The maximum Gasteiger partial charge on any atom is 0.337 e. The number of nitrogens with zero attached hydrogens (tertiary/aromatic N) is 1. The third kappa shape index (κ3) is 2.31. The Morgan fingerprint density at radius 1 is 1.20 bits per heavy atom. The number of aromatic nitrogens is 1. The van der Waals surface area contributed by atoms with Crippen LogP contribution >= 0.6 is 0 Å². The van der Waals surface area contributed by atoms with Crippen molar-refractivity contribution in [2.45, 2.75) is 32.6 Å². The molecule has 1 aromatic carbocycles. The van der Waals surface area contributed by atoms with E-state index in [0.717, 1.165) is 35.4 Å². The van der Waals surface area contributed by atoms with Gasteiger partial charge in [-0.25, -0.2) is 4.79 Å². The van der Waals surface area contributed by atoms with Gasteiger partial charge in [-0.15, -0.1) is 0 Å². The Bertz CT molecular complexity index is 687. The summed E-state index contributed by atoms with van der Waals surface area (Å²) in [6, 6.07) is 9.77. The average molecular weight is 267 g/mol. The van der Waals surface area contributed by atoms with Crippen LogP contribution < -0.4 is 0 Å². The first-order valence-electron chi connectivity index (χ1n) is 6.88. The van der Waals surface area contributed by atoms with Crippen LogP contribution in [0, 0.1) is 13.8 Å². The van der Waals surface area contributed by atoms with Crippen LogP contribution in [-0.4, -0.2) is 16.1 Å². The Balaban J connectivity index is 2.13. The fraction of sp³-hybridized carbons (Fsp3) is 0.294.